The fourth-order valence-corrected chi connectivity index (χ4v) is 2.37. The van der Waals surface area contributed by atoms with Crippen LogP contribution in [0.4, 0.5) is 5.00 Å². The van der Waals surface area contributed by atoms with E-state index in [2.05, 4.69) is 14.7 Å². The van der Waals surface area contributed by atoms with Crippen LogP contribution in [0.2, 0.25) is 0 Å². The van der Waals surface area contributed by atoms with Crippen LogP contribution in [-0.2, 0) is 11.3 Å². The number of amides is 1. The van der Waals surface area contributed by atoms with Gasteiger partial charge >= 0.3 is 5.97 Å². The highest BCUT2D eigenvalue weighted by molar-refractivity contribution is 7.11. The van der Waals surface area contributed by atoms with E-state index >= 15 is 0 Å². The normalized spacial score (nSPS) is 10.4. The van der Waals surface area contributed by atoms with E-state index in [9.17, 15) is 9.59 Å². The number of carboxylic acids is 1. The smallest absolute Gasteiger partial charge is 0.340 e. The summed E-state index contributed by atoms with van der Waals surface area (Å²) in [4.78, 5) is 24.4. The third-order valence-corrected chi connectivity index (χ3v) is 3.52. The zero-order chi connectivity index (χ0) is 14.0. The van der Waals surface area contributed by atoms with Crippen molar-refractivity contribution >= 4 is 28.4 Å². The van der Waals surface area contributed by atoms with E-state index in [0.29, 0.717) is 10.7 Å². The van der Waals surface area contributed by atoms with Gasteiger partial charge in [0.1, 0.15) is 17.1 Å². The van der Waals surface area contributed by atoms with Crippen molar-refractivity contribution in [2.75, 3.05) is 11.9 Å². The summed E-state index contributed by atoms with van der Waals surface area (Å²) in [5.74, 6) is -1.39. The average Bonchev–Trinajstić information content (AvgIpc) is 2.97. The zero-order valence-corrected chi connectivity index (χ0v) is 11.1. The molecule has 1 N–H and O–H groups in total. The van der Waals surface area contributed by atoms with Crippen molar-refractivity contribution in [3.05, 3.63) is 23.7 Å². The van der Waals surface area contributed by atoms with Crippen LogP contribution in [0.5, 0.6) is 0 Å². The molecule has 2 aromatic rings. The zero-order valence-electron chi connectivity index (χ0n) is 10.3. The standard InChI is InChI=1S/C10H11N5O3S/c1-6-8(10(17)18)9(19-12-6)14(2)7(16)5-15-4-3-11-13-15/h3-4H,5H2,1-2H3,(H,17,18). The highest BCUT2D eigenvalue weighted by Crippen LogP contribution is 2.27. The van der Waals surface area contributed by atoms with Crippen LogP contribution in [0.25, 0.3) is 0 Å². The molecule has 2 rings (SSSR count). The first kappa shape index (κ1) is 13.1. The molecule has 0 aliphatic rings. The van der Waals surface area contributed by atoms with Gasteiger partial charge in [0.05, 0.1) is 11.9 Å². The molecule has 0 spiro atoms. The Morgan fingerprint density at radius 1 is 1.53 bits per heavy atom. The van der Waals surface area contributed by atoms with Crippen molar-refractivity contribution in [1.82, 2.24) is 19.4 Å². The van der Waals surface area contributed by atoms with Crippen molar-refractivity contribution in [3.63, 3.8) is 0 Å². The molecule has 0 bridgehead atoms. The second-order valence-electron chi connectivity index (χ2n) is 3.81. The lowest BCUT2D eigenvalue weighted by Crippen LogP contribution is -2.30. The molecule has 0 aromatic carbocycles. The van der Waals surface area contributed by atoms with Crippen LogP contribution >= 0.6 is 11.5 Å². The van der Waals surface area contributed by atoms with Crippen molar-refractivity contribution in [1.29, 1.82) is 0 Å². The summed E-state index contributed by atoms with van der Waals surface area (Å²) in [5, 5.41) is 16.7. The minimum absolute atomic E-state index is 0.00743. The second kappa shape index (κ2) is 5.14. The maximum atomic E-state index is 12.0. The number of nitrogens with zero attached hydrogens (tertiary/aromatic N) is 5. The summed E-state index contributed by atoms with van der Waals surface area (Å²) < 4.78 is 5.34. The van der Waals surface area contributed by atoms with Gasteiger partial charge in [-0.2, -0.15) is 4.37 Å². The molecule has 8 nitrogen and oxygen atoms in total. The van der Waals surface area contributed by atoms with Gasteiger partial charge < -0.3 is 10.0 Å². The van der Waals surface area contributed by atoms with Crippen LogP contribution in [0.1, 0.15) is 16.1 Å². The number of aryl methyl sites for hydroxylation is 1. The first-order valence-electron chi connectivity index (χ1n) is 5.31. The molecule has 0 saturated carbocycles. The van der Waals surface area contributed by atoms with Gasteiger partial charge in [-0.1, -0.05) is 5.21 Å². The number of hydrogen-bond acceptors (Lipinski definition) is 6. The van der Waals surface area contributed by atoms with Crippen LogP contribution in [0.3, 0.4) is 0 Å². The second-order valence-corrected chi connectivity index (χ2v) is 4.56. The Hall–Kier alpha value is -2.29. The predicted octanol–water partition coefficient (Wildman–Crippen LogP) is 0.404. The summed E-state index contributed by atoms with van der Waals surface area (Å²) >= 11 is 0.983. The van der Waals surface area contributed by atoms with Crippen molar-refractivity contribution in [2.24, 2.45) is 0 Å². The number of hydrogen-bond donors (Lipinski definition) is 1. The van der Waals surface area contributed by atoms with Crippen molar-refractivity contribution < 1.29 is 14.7 Å². The predicted molar refractivity (Wildman–Crippen MR) is 67.2 cm³/mol. The van der Waals surface area contributed by atoms with Gasteiger partial charge in [0.25, 0.3) is 0 Å². The molecule has 0 fully saturated rings. The molecule has 0 aliphatic carbocycles. The molecule has 100 valence electrons. The van der Waals surface area contributed by atoms with Gasteiger partial charge in [-0.3, -0.25) is 4.79 Å². The topological polar surface area (TPSA) is 101 Å². The van der Waals surface area contributed by atoms with Gasteiger partial charge in [-0.05, 0) is 18.5 Å². The molecular formula is C10H11N5O3S. The molecular weight excluding hydrogens is 270 g/mol. The maximum absolute atomic E-state index is 12.0. The molecule has 0 radical (unpaired) electrons. The Balaban J connectivity index is 2.22. The van der Waals surface area contributed by atoms with Crippen LogP contribution < -0.4 is 4.90 Å². The number of carbonyl (C=O) groups is 2. The Morgan fingerprint density at radius 3 is 2.84 bits per heavy atom. The molecule has 2 aromatic heterocycles. The van der Waals surface area contributed by atoms with E-state index in [1.807, 2.05) is 0 Å². The van der Waals surface area contributed by atoms with E-state index in [4.69, 9.17) is 5.11 Å². The SMILES string of the molecule is Cc1nsc(N(C)C(=O)Cn2ccnn2)c1C(=O)O. The minimum atomic E-state index is -1.10. The molecule has 0 atom stereocenters. The summed E-state index contributed by atoms with van der Waals surface area (Å²) in [5.41, 5.74) is 0.451. The molecule has 2 heterocycles. The Labute approximate surface area is 112 Å². The number of likely N-dealkylation sites (N-methyl/N-ethyl adjacent to an activating group) is 1. The van der Waals surface area contributed by atoms with Gasteiger partial charge in [0.15, 0.2) is 0 Å². The summed E-state index contributed by atoms with van der Waals surface area (Å²) in [6.45, 7) is 1.59. The van der Waals surface area contributed by atoms with Gasteiger partial charge in [-0.15, -0.1) is 5.10 Å². The minimum Gasteiger partial charge on any atom is -0.478 e. The summed E-state index contributed by atoms with van der Waals surface area (Å²) in [6.07, 6.45) is 3.02. The number of aromatic carboxylic acids is 1. The van der Waals surface area contributed by atoms with Crippen LogP contribution in [0.15, 0.2) is 12.4 Å². The highest BCUT2D eigenvalue weighted by Gasteiger charge is 2.24. The molecule has 0 aliphatic heterocycles. The van der Waals surface area contributed by atoms with Crippen LogP contribution in [0, 0.1) is 6.92 Å². The van der Waals surface area contributed by atoms with Crippen molar-refractivity contribution in [2.45, 2.75) is 13.5 Å². The summed E-state index contributed by atoms with van der Waals surface area (Å²) in [6, 6.07) is 0. The Morgan fingerprint density at radius 2 is 2.26 bits per heavy atom. The maximum Gasteiger partial charge on any atom is 0.340 e. The Bertz CT molecular complexity index is 607. The first-order valence-corrected chi connectivity index (χ1v) is 6.08. The van der Waals surface area contributed by atoms with Gasteiger partial charge in [0.2, 0.25) is 5.91 Å². The van der Waals surface area contributed by atoms with E-state index in [1.54, 1.807) is 13.1 Å². The number of aromatic nitrogens is 4. The fraction of sp³-hybridized carbons (Fsp3) is 0.300. The molecule has 0 saturated heterocycles. The lowest BCUT2D eigenvalue weighted by atomic mass is 10.2. The van der Waals surface area contributed by atoms with Gasteiger partial charge in [0, 0.05) is 13.2 Å². The Kier molecular flexibility index (Phi) is 3.56. The van der Waals surface area contributed by atoms with Crippen LogP contribution in [-0.4, -0.2) is 43.4 Å². The van der Waals surface area contributed by atoms with E-state index < -0.39 is 5.97 Å². The van der Waals surface area contributed by atoms with E-state index in [0.717, 1.165) is 11.5 Å². The average molecular weight is 281 g/mol. The number of anilines is 1. The molecule has 19 heavy (non-hydrogen) atoms. The third-order valence-electron chi connectivity index (χ3n) is 2.51. The van der Waals surface area contributed by atoms with Gasteiger partial charge in [-0.25, -0.2) is 9.48 Å². The quantitative estimate of drug-likeness (QED) is 0.870. The first-order chi connectivity index (χ1) is 9.00. The van der Waals surface area contributed by atoms with E-state index in [-0.39, 0.29) is 18.0 Å². The summed E-state index contributed by atoms with van der Waals surface area (Å²) in [7, 11) is 1.51. The lowest BCUT2D eigenvalue weighted by molar-refractivity contribution is -0.119. The molecule has 9 heteroatoms. The van der Waals surface area contributed by atoms with E-state index in [1.165, 1.54) is 22.8 Å². The third kappa shape index (κ3) is 2.60. The monoisotopic (exact) mass is 281 g/mol. The number of carboxylic acid groups (broad SMARTS) is 1. The number of carbonyl (C=O) groups excluding carboxylic acids is 1. The highest BCUT2D eigenvalue weighted by atomic mass is 32.1. The molecule has 1 amide bonds. The van der Waals surface area contributed by atoms with Crippen molar-refractivity contribution in [3.8, 4) is 0 Å². The molecule has 0 unspecified atom stereocenters. The fourth-order valence-electron chi connectivity index (χ4n) is 1.51. The number of rotatable bonds is 4. The lowest BCUT2D eigenvalue weighted by Gasteiger charge is -2.15. The largest absolute Gasteiger partial charge is 0.478 e.